The summed E-state index contributed by atoms with van der Waals surface area (Å²) < 4.78 is 53.4. The predicted octanol–water partition coefficient (Wildman–Crippen LogP) is 0.243. The summed E-state index contributed by atoms with van der Waals surface area (Å²) in [5.74, 6) is 0. The summed E-state index contributed by atoms with van der Waals surface area (Å²) in [6.07, 6.45) is 0. The van der Waals surface area contributed by atoms with Gasteiger partial charge in [0.25, 0.3) is 23.7 Å². The Hall–Kier alpha value is 0.0400. The van der Waals surface area contributed by atoms with Gasteiger partial charge in [0.05, 0.1) is 0 Å². The summed E-state index contributed by atoms with van der Waals surface area (Å²) in [5, 5.41) is 0. The highest BCUT2D eigenvalue weighted by molar-refractivity contribution is 9.12. The summed E-state index contributed by atoms with van der Waals surface area (Å²) >= 11 is 2.04. The van der Waals surface area contributed by atoms with Crippen LogP contribution in [-0.4, -0.2) is 29.4 Å². The zero-order valence-corrected chi connectivity index (χ0v) is 8.93. The molecular formula is C3H7BrO6S2. The lowest BCUT2D eigenvalue weighted by atomic mass is 11.3. The van der Waals surface area contributed by atoms with Crippen molar-refractivity contribution < 1.29 is 25.9 Å². The van der Waals surface area contributed by atoms with Gasteiger partial charge in [-0.05, 0) is 15.9 Å². The Morgan fingerprint density at radius 2 is 1.17 bits per heavy atom. The van der Waals surface area contributed by atoms with Gasteiger partial charge in [-0.2, -0.15) is 16.8 Å². The van der Waals surface area contributed by atoms with Crippen LogP contribution in [0.25, 0.3) is 0 Å². The zero-order valence-electron chi connectivity index (χ0n) is 5.71. The number of rotatable bonds is 2. The molecule has 0 atom stereocenters. The van der Waals surface area contributed by atoms with Crippen LogP contribution in [0.4, 0.5) is 0 Å². The number of halogens is 1. The van der Waals surface area contributed by atoms with E-state index in [0.29, 0.717) is 0 Å². The first kappa shape index (κ1) is 14.6. The van der Waals surface area contributed by atoms with E-state index in [-0.39, 0.29) is 0 Å². The van der Waals surface area contributed by atoms with E-state index in [1.165, 1.54) is 0 Å². The average Bonchev–Trinajstić information content (AvgIpc) is 1.87. The second-order valence-corrected chi connectivity index (χ2v) is 6.73. The topological polar surface area (TPSA) is 109 Å². The van der Waals surface area contributed by atoms with Crippen LogP contribution in [0.2, 0.25) is 0 Å². The van der Waals surface area contributed by atoms with Crippen LogP contribution in [0.15, 0.2) is 13.2 Å². The van der Waals surface area contributed by atoms with Crippen LogP contribution in [0.1, 0.15) is 0 Å². The Morgan fingerprint density at radius 3 is 1.17 bits per heavy atom. The molecule has 0 aromatic carbocycles. The van der Waals surface area contributed by atoms with Crippen molar-refractivity contribution in [3.63, 3.8) is 0 Å². The molecule has 0 aliphatic heterocycles. The largest absolute Gasteiger partial charge is 0.295 e. The van der Waals surface area contributed by atoms with Crippen LogP contribution in [-0.2, 0) is 20.2 Å². The molecule has 9 heteroatoms. The summed E-state index contributed by atoms with van der Waals surface area (Å²) in [6, 6.07) is 0. The number of alkyl halides is 1. The van der Waals surface area contributed by atoms with Crippen LogP contribution in [0.5, 0.6) is 0 Å². The molecule has 0 radical (unpaired) electrons. The van der Waals surface area contributed by atoms with Gasteiger partial charge in [-0.25, -0.2) is 0 Å². The van der Waals surface area contributed by atoms with E-state index in [0.717, 1.165) is 0 Å². The maximum absolute atomic E-state index is 9.95. The molecule has 0 spiro atoms. The molecule has 0 saturated carbocycles. The second-order valence-electron chi connectivity index (χ2n) is 1.30. The monoisotopic (exact) mass is 282 g/mol. The molecule has 74 valence electrons. The lowest BCUT2D eigenvalue weighted by Crippen LogP contribution is -2.22. The van der Waals surface area contributed by atoms with E-state index in [4.69, 9.17) is 9.11 Å². The normalized spacial score (nSPS) is 12.0. The fraction of sp³-hybridized carbons (Fsp3) is 0.333. The first-order valence-corrected chi connectivity index (χ1v) is 6.14. The molecule has 0 rings (SSSR count). The van der Waals surface area contributed by atoms with Crippen molar-refractivity contribution >= 4 is 36.2 Å². The third-order valence-corrected chi connectivity index (χ3v) is 5.70. The molecule has 0 amide bonds. The van der Waals surface area contributed by atoms with E-state index in [9.17, 15) is 16.8 Å². The van der Waals surface area contributed by atoms with Gasteiger partial charge in [0.1, 0.15) is 0 Å². The zero-order chi connectivity index (χ0) is 10.6. The molecule has 0 unspecified atom stereocenters. The molecule has 0 fully saturated rings. The van der Waals surface area contributed by atoms with Crippen molar-refractivity contribution in [3.8, 4) is 0 Å². The van der Waals surface area contributed by atoms with Crippen LogP contribution < -0.4 is 0 Å². The lowest BCUT2D eigenvalue weighted by molar-refractivity contribution is 0.469. The molecular weight excluding hydrogens is 276 g/mol. The molecule has 0 aliphatic carbocycles. The minimum absolute atomic E-state index is 2.04. The standard InChI is InChI=1S/C2H4.CH3BrO6S2/c1-2;2-1(9(3,4)5)10(6,7)8/h1-2H2;1H,(H,3,4,5)(H,6,7,8). The predicted molar refractivity (Wildman–Crippen MR) is 47.1 cm³/mol. The third-order valence-electron chi connectivity index (χ3n) is 0.468. The quantitative estimate of drug-likeness (QED) is 0.427. The highest BCUT2D eigenvalue weighted by Crippen LogP contribution is 2.12. The molecule has 12 heavy (non-hydrogen) atoms. The average molecular weight is 283 g/mol. The Morgan fingerprint density at radius 1 is 1.00 bits per heavy atom. The maximum Gasteiger partial charge on any atom is 0.295 e. The molecule has 0 aliphatic rings. The number of hydrogen-bond donors (Lipinski definition) is 2. The molecule has 0 saturated heterocycles. The van der Waals surface area contributed by atoms with E-state index < -0.39 is 23.7 Å². The van der Waals surface area contributed by atoms with Crippen LogP contribution >= 0.6 is 15.9 Å². The Kier molecular flexibility index (Phi) is 5.97. The number of hydrogen-bond acceptors (Lipinski definition) is 4. The van der Waals surface area contributed by atoms with Gasteiger partial charge in [0.2, 0.25) is 0 Å². The van der Waals surface area contributed by atoms with Crippen molar-refractivity contribution in [2.75, 3.05) is 0 Å². The van der Waals surface area contributed by atoms with E-state index >= 15 is 0 Å². The van der Waals surface area contributed by atoms with Crippen molar-refractivity contribution in [2.24, 2.45) is 0 Å². The highest BCUT2D eigenvalue weighted by Gasteiger charge is 2.32. The van der Waals surface area contributed by atoms with Gasteiger partial charge < -0.3 is 0 Å². The van der Waals surface area contributed by atoms with E-state index in [1.807, 2.05) is 15.9 Å². The van der Waals surface area contributed by atoms with Crippen molar-refractivity contribution in [1.29, 1.82) is 0 Å². The van der Waals surface area contributed by atoms with E-state index in [2.05, 4.69) is 13.2 Å². The van der Waals surface area contributed by atoms with Crippen molar-refractivity contribution in [2.45, 2.75) is 3.49 Å². The molecule has 0 bridgehead atoms. The second kappa shape index (κ2) is 4.92. The first-order valence-electron chi connectivity index (χ1n) is 2.22. The first-order chi connectivity index (χ1) is 5.15. The summed E-state index contributed by atoms with van der Waals surface area (Å²) in [4.78, 5) is 0. The maximum atomic E-state index is 9.95. The minimum atomic E-state index is -4.78. The lowest BCUT2D eigenvalue weighted by Gasteiger charge is -1.99. The summed E-state index contributed by atoms with van der Waals surface area (Å²) in [7, 11) is -9.56. The van der Waals surface area contributed by atoms with Gasteiger partial charge in [-0.15, -0.1) is 13.2 Å². The minimum Gasteiger partial charge on any atom is -0.284 e. The summed E-state index contributed by atoms with van der Waals surface area (Å²) in [6.45, 7) is 6.00. The summed E-state index contributed by atoms with van der Waals surface area (Å²) in [5.41, 5.74) is 0. The van der Waals surface area contributed by atoms with Gasteiger partial charge in [-0.3, -0.25) is 9.11 Å². The highest BCUT2D eigenvalue weighted by atomic mass is 79.9. The van der Waals surface area contributed by atoms with Gasteiger partial charge in [0.15, 0.2) is 0 Å². The molecule has 0 heterocycles. The smallest absolute Gasteiger partial charge is 0.284 e. The molecule has 2 N–H and O–H groups in total. The Balaban J connectivity index is 0. The van der Waals surface area contributed by atoms with E-state index in [1.54, 1.807) is 0 Å². The van der Waals surface area contributed by atoms with Crippen molar-refractivity contribution in [1.82, 2.24) is 0 Å². The van der Waals surface area contributed by atoms with Crippen LogP contribution in [0, 0.1) is 0 Å². The molecule has 0 aromatic rings. The van der Waals surface area contributed by atoms with Crippen LogP contribution in [0.3, 0.4) is 0 Å². The van der Waals surface area contributed by atoms with Gasteiger partial charge >= 0.3 is 0 Å². The Bertz CT molecular complexity index is 283. The van der Waals surface area contributed by atoms with Gasteiger partial charge in [0, 0.05) is 0 Å². The Labute approximate surface area is 78.9 Å². The third kappa shape index (κ3) is 5.66. The van der Waals surface area contributed by atoms with Gasteiger partial charge in [-0.1, -0.05) is 0 Å². The van der Waals surface area contributed by atoms with Crippen molar-refractivity contribution in [3.05, 3.63) is 13.2 Å². The molecule has 6 nitrogen and oxygen atoms in total. The molecule has 0 aromatic heterocycles. The fourth-order valence-corrected chi connectivity index (χ4v) is 1.38. The fourth-order valence-electron chi connectivity index (χ4n) is 0.154. The SMILES string of the molecule is C=C.O=S(=O)(O)C(Br)S(=O)(=O)O.